The summed E-state index contributed by atoms with van der Waals surface area (Å²) < 4.78 is 11.2. The van der Waals surface area contributed by atoms with E-state index in [1.54, 1.807) is 11.8 Å². The van der Waals surface area contributed by atoms with Gasteiger partial charge < -0.3 is 14.2 Å². The third-order valence-corrected chi connectivity index (χ3v) is 4.09. The lowest BCUT2D eigenvalue weighted by Crippen LogP contribution is -2.60. The average molecular weight is 294 g/mol. The van der Waals surface area contributed by atoms with Gasteiger partial charge in [0.25, 0.3) is 0 Å². The molecule has 1 aliphatic heterocycles. The van der Waals surface area contributed by atoms with Crippen LogP contribution >= 0.6 is 0 Å². The summed E-state index contributed by atoms with van der Waals surface area (Å²) in [7, 11) is 0. The Morgan fingerprint density at radius 1 is 1.29 bits per heavy atom. The fourth-order valence-corrected chi connectivity index (χ4v) is 3.46. The summed E-state index contributed by atoms with van der Waals surface area (Å²) in [6, 6.07) is -0.0661. The monoisotopic (exact) mass is 294 g/mol. The Bertz CT molecular complexity index is 534. The third kappa shape index (κ3) is 3.02. The van der Waals surface area contributed by atoms with E-state index >= 15 is 0 Å². The molecule has 1 spiro atoms. The Balaban J connectivity index is 1.72. The number of hydrogen-bond donors (Lipinski definition) is 1. The van der Waals surface area contributed by atoms with Crippen LogP contribution in [0.4, 0.5) is 10.8 Å². The summed E-state index contributed by atoms with van der Waals surface area (Å²) in [4.78, 5) is 18.2. The zero-order valence-electron chi connectivity index (χ0n) is 12.8. The number of aromatic nitrogens is 2. The molecule has 3 rings (SSSR count). The van der Waals surface area contributed by atoms with Crippen molar-refractivity contribution in [2.75, 3.05) is 18.4 Å². The number of nitrogens with one attached hydrogen (secondary N) is 1. The minimum absolute atomic E-state index is 0.141. The van der Waals surface area contributed by atoms with E-state index in [4.69, 9.17) is 9.26 Å². The van der Waals surface area contributed by atoms with Crippen molar-refractivity contribution in [2.24, 2.45) is 0 Å². The summed E-state index contributed by atoms with van der Waals surface area (Å²) in [5.41, 5.74) is -0.533. The van der Waals surface area contributed by atoms with Gasteiger partial charge in [-0.3, -0.25) is 5.32 Å². The fraction of sp³-hybridized carbons (Fsp3) is 0.786. The molecule has 0 atom stereocenters. The normalized spacial score (nSPS) is 23.5. The lowest BCUT2D eigenvalue weighted by atomic mass is 9.94. The second kappa shape index (κ2) is 4.98. The number of aryl methyl sites for hydroxylation is 1. The zero-order valence-corrected chi connectivity index (χ0v) is 12.8. The number of carbonyl (C=O) groups is 1. The van der Waals surface area contributed by atoms with E-state index in [0.29, 0.717) is 18.9 Å². The van der Waals surface area contributed by atoms with Gasteiger partial charge in [-0.05, 0) is 33.6 Å². The van der Waals surface area contributed by atoms with E-state index in [2.05, 4.69) is 15.5 Å². The second-order valence-corrected chi connectivity index (χ2v) is 6.68. The molecular formula is C14H22N4O3. The molecule has 2 amide bonds. The van der Waals surface area contributed by atoms with Crippen LogP contribution in [-0.2, 0) is 4.74 Å². The van der Waals surface area contributed by atoms with E-state index in [0.717, 1.165) is 25.7 Å². The van der Waals surface area contributed by atoms with Crippen LogP contribution in [0.1, 0.15) is 45.4 Å². The molecule has 7 nitrogen and oxygen atoms in total. The first-order chi connectivity index (χ1) is 9.88. The van der Waals surface area contributed by atoms with Gasteiger partial charge in [0.1, 0.15) is 0 Å². The van der Waals surface area contributed by atoms with Crippen molar-refractivity contribution in [3.05, 3.63) is 5.82 Å². The molecule has 1 aromatic rings. The standard InChI is InChI=1S/C14H22N4O3/c1-10-15-11(20-17-10)16-12(19)18-8-13(2,3)21-14(9-18)6-4-5-7-14/h4-9H2,1-3H3,(H,15,16,17,19). The van der Waals surface area contributed by atoms with Crippen LogP contribution < -0.4 is 5.32 Å². The van der Waals surface area contributed by atoms with Crippen molar-refractivity contribution in [1.82, 2.24) is 15.0 Å². The molecule has 1 saturated carbocycles. The van der Waals surface area contributed by atoms with Gasteiger partial charge in [0.05, 0.1) is 24.3 Å². The molecule has 116 valence electrons. The lowest BCUT2D eigenvalue weighted by molar-refractivity contribution is -0.183. The first-order valence-electron chi connectivity index (χ1n) is 7.44. The maximum Gasteiger partial charge on any atom is 0.329 e. The SMILES string of the molecule is Cc1noc(NC(=O)N2CC(C)(C)OC3(CCCC3)C2)n1. The highest BCUT2D eigenvalue weighted by molar-refractivity contribution is 5.87. The van der Waals surface area contributed by atoms with Crippen LogP contribution in [0.5, 0.6) is 0 Å². The molecule has 0 aromatic carbocycles. The minimum Gasteiger partial charge on any atom is -0.365 e. The summed E-state index contributed by atoms with van der Waals surface area (Å²) in [6.45, 7) is 6.94. The first-order valence-corrected chi connectivity index (χ1v) is 7.44. The van der Waals surface area contributed by atoms with Gasteiger partial charge in [-0.25, -0.2) is 4.79 Å². The van der Waals surface area contributed by atoms with Crippen molar-refractivity contribution in [2.45, 2.75) is 57.7 Å². The number of ether oxygens (including phenoxy) is 1. The van der Waals surface area contributed by atoms with Gasteiger partial charge >= 0.3 is 12.0 Å². The Morgan fingerprint density at radius 2 is 2.00 bits per heavy atom. The Hall–Kier alpha value is -1.63. The molecule has 1 aliphatic carbocycles. The molecular weight excluding hydrogens is 272 g/mol. The van der Waals surface area contributed by atoms with Crippen LogP contribution in [0.25, 0.3) is 0 Å². The van der Waals surface area contributed by atoms with Crippen LogP contribution in [-0.4, -0.2) is 45.4 Å². The Kier molecular flexibility index (Phi) is 3.39. The number of urea groups is 1. The predicted molar refractivity (Wildman–Crippen MR) is 76.0 cm³/mol. The maximum absolute atomic E-state index is 12.4. The molecule has 1 N–H and O–H groups in total. The smallest absolute Gasteiger partial charge is 0.329 e. The topological polar surface area (TPSA) is 80.5 Å². The van der Waals surface area contributed by atoms with Gasteiger partial charge in [-0.1, -0.05) is 18.0 Å². The van der Waals surface area contributed by atoms with Crippen molar-refractivity contribution in [3.8, 4) is 0 Å². The molecule has 2 fully saturated rings. The molecule has 0 bridgehead atoms. The van der Waals surface area contributed by atoms with Crippen LogP contribution in [0.3, 0.4) is 0 Å². The van der Waals surface area contributed by atoms with E-state index in [-0.39, 0.29) is 23.2 Å². The van der Waals surface area contributed by atoms with Gasteiger partial charge in [0, 0.05) is 0 Å². The number of carbonyl (C=O) groups excluding carboxylic acids is 1. The van der Waals surface area contributed by atoms with E-state index in [1.807, 2.05) is 13.8 Å². The number of amides is 2. The summed E-state index contributed by atoms with van der Waals surface area (Å²) in [5.74, 6) is 0.500. The van der Waals surface area contributed by atoms with Crippen molar-refractivity contribution in [3.63, 3.8) is 0 Å². The second-order valence-electron chi connectivity index (χ2n) is 6.68. The summed E-state index contributed by atoms with van der Waals surface area (Å²) in [6.07, 6.45) is 4.35. The van der Waals surface area contributed by atoms with E-state index in [9.17, 15) is 4.79 Å². The van der Waals surface area contributed by atoms with Crippen molar-refractivity contribution >= 4 is 12.0 Å². The molecule has 7 heteroatoms. The summed E-state index contributed by atoms with van der Waals surface area (Å²) >= 11 is 0. The molecule has 2 aliphatic rings. The first kappa shape index (κ1) is 14.3. The quantitative estimate of drug-likeness (QED) is 0.859. The van der Waals surface area contributed by atoms with Crippen molar-refractivity contribution < 1.29 is 14.1 Å². The minimum atomic E-state index is -0.343. The number of anilines is 1. The zero-order chi connectivity index (χ0) is 15.1. The van der Waals surface area contributed by atoms with Crippen LogP contribution in [0.2, 0.25) is 0 Å². The van der Waals surface area contributed by atoms with E-state index in [1.165, 1.54) is 0 Å². The Morgan fingerprint density at radius 3 is 2.62 bits per heavy atom. The maximum atomic E-state index is 12.4. The van der Waals surface area contributed by atoms with Gasteiger partial charge in [0.15, 0.2) is 5.82 Å². The predicted octanol–water partition coefficient (Wildman–Crippen LogP) is 2.33. The molecule has 1 aromatic heterocycles. The average Bonchev–Trinajstić information content (AvgIpc) is 2.97. The third-order valence-electron chi connectivity index (χ3n) is 4.09. The molecule has 0 radical (unpaired) electrons. The van der Waals surface area contributed by atoms with Crippen LogP contribution in [0.15, 0.2) is 4.52 Å². The highest BCUT2D eigenvalue weighted by atomic mass is 16.5. The van der Waals surface area contributed by atoms with Gasteiger partial charge in [0.2, 0.25) is 0 Å². The highest BCUT2D eigenvalue weighted by Gasteiger charge is 2.47. The number of rotatable bonds is 1. The number of morpholine rings is 1. The fourth-order valence-electron chi connectivity index (χ4n) is 3.46. The molecule has 21 heavy (non-hydrogen) atoms. The van der Waals surface area contributed by atoms with Gasteiger partial charge in [-0.2, -0.15) is 4.98 Å². The summed E-state index contributed by atoms with van der Waals surface area (Å²) in [5, 5.41) is 6.34. The highest BCUT2D eigenvalue weighted by Crippen LogP contribution is 2.40. The molecule has 2 heterocycles. The van der Waals surface area contributed by atoms with Crippen LogP contribution in [0, 0.1) is 6.92 Å². The van der Waals surface area contributed by atoms with E-state index < -0.39 is 0 Å². The number of hydrogen-bond acceptors (Lipinski definition) is 5. The lowest BCUT2D eigenvalue weighted by Gasteiger charge is -2.48. The van der Waals surface area contributed by atoms with Gasteiger partial charge in [-0.15, -0.1) is 0 Å². The molecule has 1 saturated heterocycles. The largest absolute Gasteiger partial charge is 0.365 e. The van der Waals surface area contributed by atoms with Crippen molar-refractivity contribution in [1.29, 1.82) is 0 Å². The number of nitrogens with zero attached hydrogens (tertiary/aromatic N) is 3. The molecule has 0 unspecified atom stereocenters. The Labute approximate surface area is 124 Å².